The van der Waals surface area contributed by atoms with Crippen molar-refractivity contribution in [2.75, 3.05) is 14.2 Å². The first-order valence-electron chi connectivity index (χ1n) is 10.5. The number of rotatable bonds is 6. The summed E-state index contributed by atoms with van der Waals surface area (Å²) in [5, 5.41) is 4.69. The van der Waals surface area contributed by atoms with Gasteiger partial charge in [-0.2, -0.15) is 5.10 Å². The molecule has 1 N–H and O–H groups in total. The zero-order valence-corrected chi connectivity index (χ0v) is 19.4. The van der Waals surface area contributed by atoms with Gasteiger partial charge in [0.05, 0.1) is 32.1 Å². The summed E-state index contributed by atoms with van der Waals surface area (Å²) >= 11 is 1.59. The lowest BCUT2D eigenvalue weighted by molar-refractivity contribution is -0.123. The van der Waals surface area contributed by atoms with E-state index in [1.165, 1.54) is 22.0 Å². The molecule has 168 valence electrons. The number of aryl methyl sites for hydroxylation is 1. The minimum Gasteiger partial charge on any atom is -0.497 e. The van der Waals surface area contributed by atoms with E-state index < -0.39 is 11.9 Å². The maximum atomic E-state index is 13.2. The summed E-state index contributed by atoms with van der Waals surface area (Å²) in [6, 6.07) is 4.53. The first-order valence-corrected chi connectivity index (χ1v) is 11.3. The number of benzene rings is 1. The quantitative estimate of drug-likeness (QED) is 0.455. The Morgan fingerprint density at radius 2 is 2.19 bits per heavy atom. The largest absolute Gasteiger partial charge is 0.497 e. The monoisotopic (exact) mass is 454 g/mol. The van der Waals surface area contributed by atoms with Crippen molar-refractivity contribution in [3.05, 3.63) is 50.9 Å². The lowest BCUT2D eigenvalue weighted by Gasteiger charge is -2.18. The van der Waals surface area contributed by atoms with Gasteiger partial charge < -0.3 is 9.47 Å². The Morgan fingerprint density at radius 3 is 2.94 bits per heavy atom. The van der Waals surface area contributed by atoms with Crippen LogP contribution in [0.5, 0.6) is 11.5 Å². The van der Waals surface area contributed by atoms with Crippen molar-refractivity contribution < 1.29 is 14.3 Å². The molecule has 2 aromatic heterocycles. The van der Waals surface area contributed by atoms with E-state index in [2.05, 4.69) is 22.4 Å². The fraction of sp³-hybridized carbons (Fsp3) is 0.391. The van der Waals surface area contributed by atoms with Crippen LogP contribution in [0.2, 0.25) is 0 Å². The third kappa shape index (κ3) is 4.12. The highest BCUT2D eigenvalue weighted by molar-refractivity contribution is 7.18. The van der Waals surface area contributed by atoms with E-state index in [1.54, 1.807) is 50.7 Å². The van der Waals surface area contributed by atoms with Gasteiger partial charge in [-0.05, 0) is 49.8 Å². The molecule has 0 fully saturated rings. The molecule has 1 aromatic carbocycles. The Bertz CT molecular complexity index is 1250. The van der Waals surface area contributed by atoms with E-state index in [9.17, 15) is 9.59 Å². The van der Waals surface area contributed by atoms with Crippen molar-refractivity contribution >= 4 is 33.7 Å². The van der Waals surface area contributed by atoms with Crippen LogP contribution < -0.4 is 20.5 Å². The van der Waals surface area contributed by atoms with Crippen LogP contribution in [0.25, 0.3) is 10.2 Å². The molecule has 1 aliphatic carbocycles. The number of carbonyl (C=O) groups is 1. The first-order chi connectivity index (χ1) is 15.4. The van der Waals surface area contributed by atoms with Crippen molar-refractivity contribution in [3.8, 4) is 11.5 Å². The number of thiophene rings is 1. The van der Waals surface area contributed by atoms with Crippen LogP contribution >= 0.6 is 11.3 Å². The SMILES string of the molecule is COc1ccc(/C=N/NC(=O)[C@@H](C)n2cnc3sc4c(c3c2=O)CC[C@H](C)C4)c(OC)c1. The van der Waals surface area contributed by atoms with E-state index >= 15 is 0 Å². The Labute approximate surface area is 189 Å². The van der Waals surface area contributed by atoms with Crippen LogP contribution in [0.15, 0.2) is 34.4 Å². The van der Waals surface area contributed by atoms with E-state index in [0.29, 0.717) is 28.4 Å². The lowest BCUT2D eigenvalue weighted by atomic mass is 9.89. The number of methoxy groups -OCH3 is 2. The Kier molecular flexibility index (Phi) is 6.27. The Hall–Kier alpha value is -3.20. The molecule has 4 rings (SSSR count). The van der Waals surface area contributed by atoms with Crippen molar-refractivity contribution in [2.45, 2.75) is 39.2 Å². The first kappa shape index (κ1) is 22.0. The van der Waals surface area contributed by atoms with Crippen molar-refractivity contribution in [2.24, 2.45) is 11.0 Å². The average molecular weight is 455 g/mol. The van der Waals surface area contributed by atoms with Crippen LogP contribution in [-0.4, -0.2) is 35.9 Å². The highest BCUT2D eigenvalue weighted by Gasteiger charge is 2.25. The van der Waals surface area contributed by atoms with E-state index in [-0.39, 0.29) is 5.56 Å². The second-order valence-electron chi connectivity index (χ2n) is 8.01. The van der Waals surface area contributed by atoms with Crippen LogP contribution in [0.1, 0.15) is 42.3 Å². The van der Waals surface area contributed by atoms with Gasteiger partial charge in [0, 0.05) is 16.5 Å². The van der Waals surface area contributed by atoms with Crippen LogP contribution in [0.3, 0.4) is 0 Å². The maximum absolute atomic E-state index is 13.2. The maximum Gasteiger partial charge on any atom is 0.263 e. The number of ether oxygens (including phenoxy) is 2. The van der Waals surface area contributed by atoms with Gasteiger partial charge in [-0.3, -0.25) is 14.2 Å². The van der Waals surface area contributed by atoms with Gasteiger partial charge in [0.15, 0.2) is 0 Å². The second-order valence-corrected chi connectivity index (χ2v) is 9.09. The van der Waals surface area contributed by atoms with Crippen molar-refractivity contribution in [1.29, 1.82) is 0 Å². The summed E-state index contributed by atoms with van der Waals surface area (Å²) in [6.07, 6.45) is 5.87. The molecule has 0 radical (unpaired) electrons. The minimum atomic E-state index is -0.757. The Morgan fingerprint density at radius 1 is 1.38 bits per heavy atom. The van der Waals surface area contributed by atoms with Crippen LogP contribution in [-0.2, 0) is 17.6 Å². The number of aromatic nitrogens is 2. The molecule has 0 aliphatic heterocycles. The fourth-order valence-corrected chi connectivity index (χ4v) is 5.27. The molecule has 2 heterocycles. The molecule has 2 atom stereocenters. The number of fused-ring (bicyclic) bond motifs is 3. The molecule has 1 aliphatic rings. The molecule has 0 saturated heterocycles. The molecule has 3 aromatic rings. The molecule has 0 unspecified atom stereocenters. The molecule has 9 heteroatoms. The summed E-state index contributed by atoms with van der Waals surface area (Å²) in [5.74, 6) is 1.43. The number of hydrogen-bond acceptors (Lipinski definition) is 7. The van der Waals surface area contributed by atoms with Crippen LogP contribution in [0.4, 0.5) is 0 Å². The predicted octanol–water partition coefficient (Wildman–Crippen LogP) is 3.31. The summed E-state index contributed by atoms with van der Waals surface area (Å²) in [4.78, 5) is 32.4. The van der Waals surface area contributed by atoms with Crippen LogP contribution in [0, 0.1) is 5.92 Å². The number of hydrazone groups is 1. The summed E-state index contributed by atoms with van der Waals surface area (Å²) in [7, 11) is 3.12. The number of carbonyl (C=O) groups excluding carboxylic acids is 1. The molecular formula is C23H26N4O4S. The number of hydrogen-bond donors (Lipinski definition) is 1. The topological polar surface area (TPSA) is 94.8 Å². The summed E-state index contributed by atoms with van der Waals surface area (Å²) < 4.78 is 11.9. The third-order valence-corrected chi connectivity index (χ3v) is 7.02. The van der Waals surface area contributed by atoms with Crippen molar-refractivity contribution in [3.63, 3.8) is 0 Å². The fourth-order valence-electron chi connectivity index (χ4n) is 3.93. The zero-order chi connectivity index (χ0) is 22.8. The number of amides is 1. The smallest absolute Gasteiger partial charge is 0.263 e. The highest BCUT2D eigenvalue weighted by atomic mass is 32.1. The number of nitrogens with zero attached hydrogens (tertiary/aromatic N) is 3. The minimum absolute atomic E-state index is 0.175. The van der Waals surface area contributed by atoms with E-state index in [1.807, 2.05) is 0 Å². The van der Waals surface area contributed by atoms with E-state index in [4.69, 9.17) is 9.47 Å². The second kappa shape index (κ2) is 9.12. The molecule has 0 spiro atoms. The molecule has 0 saturated carbocycles. The zero-order valence-electron chi connectivity index (χ0n) is 18.5. The predicted molar refractivity (Wildman–Crippen MR) is 125 cm³/mol. The Balaban J connectivity index is 1.54. The van der Waals surface area contributed by atoms with Gasteiger partial charge in [-0.1, -0.05) is 6.92 Å². The van der Waals surface area contributed by atoms with Gasteiger partial charge in [0.25, 0.3) is 11.5 Å². The number of nitrogens with one attached hydrogen (secondary N) is 1. The van der Waals surface area contributed by atoms with Crippen molar-refractivity contribution in [1.82, 2.24) is 15.0 Å². The average Bonchev–Trinajstić information content (AvgIpc) is 3.17. The van der Waals surface area contributed by atoms with E-state index in [0.717, 1.165) is 29.7 Å². The molecule has 32 heavy (non-hydrogen) atoms. The molecule has 8 nitrogen and oxygen atoms in total. The van der Waals surface area contributed by atoms with Gasteiger partial charge in [-0.15, -0.1) is 11.3 Å². The standard InChI is InChI=1S/C23H26N4O4S/c1-13-5-8-17-19(9-13)32-22-20(17)23(29)27(12-24-22)14(2)21(28)26-25-11-15-6-7-16(30-3)10-18(15)31-4/h6-7,10-14H,5,8-9H2,1-4H3,(H,26,28)/b25-11+/t13-,14+/m0/s1. The highest BCUT2D eigenvalue weighted by Crippen LogP contribution is 2.35. The summed E-state index contributed by atoms with van der Waals surface area (Å²) in [5.41, 5.74) is 4.11. The van der Waals surface area contributed by atoms with Gasteiger partial charge in [0.1, 0.15) is 22.4 Å². The van der Waals surface area contributed by atoms with Gasteiger partial charge in [-0.25, -0.2) is 10.4 Å². The van der Waals surface area contributed by atoms with Gasteiger partial charge in [0.2, 0.25) is 0 Å². The molecule has 0 bridgehead atoms. The molecule has 1 amide bonds. The normalized spacial score (nSPS) is 16.7. The lowest BCUT2D eigenvalue weighted by Crippen LogP contribution is -2.34. The third-order valence-electron chi connectivity index (χ3n) is 5.86. The van der Waals surface area contributed by atoms with Gasteiger partial charge >= 0.3 is 0 Å². The summed E-state index contributed by atoms with van der Waals surface area (Å²) in [6.45, 7) is 3.89. The molecular weight excluding hydrogens is 428 g/mol.